The molecule has 0 unspecified atom stereocenters. The number of hydrogen-bond acceptors (Lipinski definition) is 9. The molecule has 17 heteroatoms. The number of aryl methyl sites for hydroxylation is 1. The predicted octanol–water partition coefficient (Wildman–Crippen LogP) is 1.06. The number of pyridine rings is 1. The Morgan fingerprint density at radius 3 is 2.57 bits per heavy atom. The Balaban J connectivity index is 1.57. The fourth-order valence-corrected chi connectivity index (χ4v) is 9.13. The lowest BCUT2D eigenvalue weighted by Gasteiger charge is -2.52. The van der Waals surface area contributed by atoms with E-state index in [0.717, 1.165) is 14.7 Å². The fraction of sp³-hybridized carbons (Fsp3) is 0.360. The lowest BCUT2D eigenvalue weighted by Crippen LogP contribution is -2.74. The van der Waals surface area contributed by atoms with Crippen molar-refractivity contribution in [3.8, 4) is 5.75 Å². The zero-order chi connectivity index (χ0) is 30.7. The maximum atomic E-state index is 15.7. The van der Waals surface area contributed by atoms with E-state index in [4.69, 9.17) is 10.1 Å². The molecule has 2 aromatic heterocycles. The molecular weight excluding hydrogens is 591 g/mol. The molecule has 3 N–H and O–H groups in total. The summed E-state index contributed by atoms with van der Waals surface area (Å²) in [6.07, 6.45) is 3.76. The summed E-state index contributed by atoms with van der Waals surface area (Å²) in [5.41, 5.74) is -1.84. The second kappa shape index (κ2) is 10.0. The summed E-state index contributed by atoms with van der Waals surface area (Å²) in [4.78, 5) is 20.8. The van der Waals surface area contributed by atoms with Crippen LogP contribution in [0.1, 0.15) is 29.4 Å². The molecule has 1 spiro atoms. The highest BCUT2D eigenvalue weighted by Crippen LogP contribution is 2.50. The van der Waals surface area contributed by atoms with Gasteiger partial charge in [-0.25, -0.2) is 35.5 Å². The van der Waals surface area contributed by atoms with Crippen LogP contribution in [-0.4, -0.2) is 83.8 Å². The van der Waals surface area contributed by atoms with Crippen molar-refractivity contribution in [1.29, 1.82) is 5.41 Å². The maximum Gasteiger partial charge on any atom is 0.274 e. The Kier molecular flexibility index (Phi) is 7.02. The lowest BCUT2D eigenvalue weighted by atomic mass is 9.77. The number of amides is 1. The number of rotatable bonds is 6. The van der Waals surface area contributed by atoms with Crippen LogP contribution >= 0.6 is 0 Å². The molecule has 2 atom stereocenters. The number of sulfonamides is 2. The van der Waals surface area contributed by atoms with Gasteiger partial charge in [0, 0.05) is 44.6 Å². The summed E-state index contributed by atoms with van der Waals surface area (Å²) in [5, 5.41) is 13.6. The van der Waals surface area contributed by atoms with Crippen molar-refractivity contribution < 1.29 is 30.8 Å². The molecule has 0 aliphatic carbocycles. The predicted molar refractivity (Wildman–Crippen MR) is 149 cm³/mol. The van der Waals surface area contributed by atoms with Crippen LogP contribution in [0.15, 0.2) is 54.1 Å². The molecule has 3 aromatic rings. The first-order valence-corrected chi connectivity index (χ1v) is 15.5. The van der Waals surface area contributed by atoms with Gasteiger partial charge in [0.1, 0.15) is 22.0 Å². The summed E-state index contributed by atoms with van der Waals surface area (Å²) in [5.74, 6) is -1.50. The average Bonchev–Trinajstić information content (AvgIpc) is 3.62. The Bertz CT molecular complexity index is 1800. The molecule has 2 saturated heterocycles. The zero-order valence-corrected chi connectivity index (χ0v) is 24.8. The van der Waals surface area contributed by atoms with Crippen molar-refractivity contribution in [2.24, 2.45) is 7.05 Å². The zero-order valence-electron chi connectivity index (χ0n) is 23.1. The summed E-state index contributed by atoms with van der Waals surface area (Å²) < 4.78 is 76.9. The summed E-state index contributed by atoms with van der Waals surface area (Å²) in [7, 11) is -4.41. The highest BCUT2D eigenvalue weighted by Gasteiger charge is 2.67. The van der Waals surface area contributed by atoms with Gasteiger partial charge in [-0.3, -0.25) is 10.2 Å². The SMILES string of the molecule is COc1ccc(C(=O)Nc2ccc(F)c([C@@]3(C)NC(=N)N(C)S(=O)(=O)[C@@]34CCN(S(=O)(=O)c3cn(C)cn3)C4)c2)nc1. The number of anilines is 1. The number of nitrogens with zero attached hydrogens (tertiary/aromatic N) is 5. The van der Waals surface area contributed by atoms with Crippen molar-refractivity contribution in [2.45, 2.75) is 28.7 Å². The Morgan fingerprint density at radius 1 is 1.21 bits per heavy atom. The number of guanidine groups is 1. The molecule has 4 heterocycles. The van der Waals surface area contributed by atoms with E-state index in [1.54, 1.807) is 13.1 Å². The molecule has 42 heavy (non-hydrogen) atoms. The van der Waals surface area contributed by atoms with E-state index in [-0.39, 0.29) is 34.9 Å². The Labute approximate surface area is 242 Å². The maximum absolute atomic E-state index is 15.7. The van der Waals surface area contributed by atoms with Crippen molar-refractivity contribution in [2.75, 3.05) is 32.6 Å². The Morgan fingerprint density at radius 2 is 1.95 bits per heavy atom. The van der Waals surface area contributed by atoms with Crippen LogP contribution in [-0.2, 0) is 32.6 Å². The first kappa shape index (κ1) is 29.4. The molecule has 14 nitrogen and oxygen atoms in total. The van der Waals surface area contributed by atoms with Crippen molar-refractivity contribution in [1.82, 2.24) is 28.5 Å². The molecule has 5 rings (SSSR count). The number of carbonyl (C=O) groups is 1. The molecule has 2 aliphatic rings. The molecule has 2 aliphatic heterocycles. The molecule has 0 saturated carbocycles. The number of aromatic nitrogens is 3. The van der Waals surface area contributed by atoms with E-state index >= 15 is 4.39 Å². The van der Waals surface area contributed by atoms with E-state index < -0.39 is 54.6 Å². The molecule has 1 amide bonds. The molecule has 1 aromatic carbocycles. The first-order chi connectivity index (χ1) is 19.7. The fourth-order valence-electron chi connectivity index (χ4n) is 5.43. The van der Waals surface area contributed by atoms with Gasteiger partial charge in [0.25, 0.3) is 15.9 Å². The van der Waals surface area contributed by atoms with Crippen molar-refractivity contribution in [3.63, 3.8) is 0 Å². The van der Waals surface area contributed by atoms with Crippen molar-refractivity contribution >= 4 is 37.6 Å². The quantitative estimate of drug-likeness (QED) is 0.363. The second-order valence-corrected chi connectivity index (χ2v) is 14.4. The number of halogens is 1. The lowest BCUT2D eigenvalue weighted by molar-refractivity contribution is 0.102. The first-order valence-electron chi connectivity index (χ1n) is 12.6. The van der Waals surface area contributed by atoms with E-state index in [2.05, 4.69) is 20.6 Å². The van der Waals surface area contributed by atoms with Crippen molar-refractivity contribution in [3.05, 3.63) is 66.1 Å². The van der Waals surface area contributed by atoms with Gasteiger partial charge < -0.3 is 19.9 Å². The molecule has 224 valence electrons. The van der Waals surface area contributed by atoms with E-state index in [1.807, 2.05) is 0 Å². The third-order valence-corrected chi connectivity index (χ3v) is 12.3. The van der Waals surface area contributed by atoms with Gasteiger partial charge in [0.2, 0.25) is 16.0 Å². The number of ether oxygens (including phenoxy) is 1. The Hall–Kier alpha value is -4.09. The highest BCUT2D eigenvalue weighted by atomic mass is 32.2. The third kappa shape index (κ3) is 4.38. The van der Waals surface area contributed by atoms with E-state index in [1.165, 1.54) is 62.6 Å². The van der Waals surface area contributed by atoms with Crippen LogP contribution < -0.4 is 15.4 Å². The molecule has 2 fully saturated rings. The van der Waals surface area contributed by atoms with Crippen LogP contribution in [0.3, 0.4) is 0 Å². The van der Waals surface area contributed by atoms with Crippen LogP contribution in [0.25, 0.3) is 0 Å². The van der Waals surface area contributed by atoms with E-state index in [9.17, 15) is 21.6 Å². The van der Waals surface area contributed by atoms with Gasteiger partial charge in [-0.2, -0.15) is 4.31 Å². The number of imidazole rings is 1. The molecular formula is C25H29FN8O6S2. The monoisotopic (exact) mass is 620 g/mol. The number of nitrogens with one attached hydrogen (secondary N) is 3. The standard InChI is InChI=1S/C25H29FN8O6S2/c1-24(18-11-16(5-7-19(18)26)30-22(35)20-8-6-17(40-4)12-28-20)25(42(38,39)33(3)23(27)31-24)9-10-34(14-25)41(36,37)21-13-32(2)15-29-21/h5-8,11-13,15H,9-10,14H2,1-4H3,(H2,27,31)(H,30,35)/t24-,25-/m1/s1. The van der Waals surface area contributed by atoms with Crippen LogP contribution in [0.5, 0.6) is 5.75 Å². The van der Waals surface area contributed by atoms with Gasteiger partial charge >= 0.3 is 0 Å². The number of benzene rings is 1. The van der Waals surface area contributed by atoms with Gasteiger partial charge in [-0.05, 0) is 43.7 Å². The highest BCUT2D eigenvalue weighted by molar-refractivity contribution is 7.91. The minimum Gasteiger partial charge on any atom is -0.495 e. The third-order valence-electron chi connectivity index (χ3n) is 7.90. The second-order valence-electron chi connectivity index (χ2n) is 10.3. The summed E-state index contributed by atoms with van der Waals surface area (Å²) in [6.45, 7) is 0.678. The molecule has 0 radical (unpaired) electrons. The number of hydrogen-bond donors (Lipinski definition) is 3. The normalized spacial score (nSPS) is 24.0. The largest absolute Gasteiger partial charge is 0.495 e. The summed E-state index contributed by atoms with van der Waals surface area (Å²) in [6, 6.07) is 6.63. The van der Waals surface area contributed by atoms with Gasteiger partial charge in [-0.15, -0.1) is 0 Å². The van der Waals surface area contributed by atoms with Gasteiger partial charge in [-0.1, -0.05) is 0 Å². The average molecular weight is 621 g/mol. The van der Waals surface area contributed by atoms with Crippen LogP contribution in [0, 0.1) is 11.2 Å². The van der Waals surface area contributed by atoms with Gasteiger partial charge in [0.05, 0.1) is 25.2 Å². The van der Waals surface area contributed by atoms with Crippen LogP contribution in [0.2, 0.25) is 0 Å². The summed E-state index contributed by atoms with van der Waals surface area (Å²) >= 11 is 0. The smallest absolute Gasteiger partial charge is 0.274 e. The minimum absolute atomic E-state index is 0.0530. The molecule has 0 bridgehead atoms. The number of methoxy groups -OCH3 is 1. The van der Waals surface area contributed by atoms with Crippen LogP contribution in [0.4, 0.5) is 10.1 Å². The van der Waals surface area contributed by atoms with Gasteiger partial charge in [0.15, 0.2) is 5.03 Å². The minimum atomic E-state index is -4.44. The van der Waals surface area contributed by atoms with E-state index in [0.29, 0.717) is 5.75 Å². The topological polar surface area (TPSA) is 180 Å². The number of carbonyl (C=O) groups excluding carboxylic acids is 1.